The van der Waals surface area contributed by atoms with Gasteiger partial charge in [0.25, 0.3) is 10.2 Å². The predicted octanol–water partition coefficient (Wildman–Crippen LogP) is -0.895. The first-order valence-electron chi connectivity index (χ1n) is 3.36. The summed E-state index contributed by atoms with van der Waals surface area (Å²) in [5, 5.41) is 0. The second-order valence-corrected chi connectivity index (χ2v) is 4.57. The van der Waals surface area contributed by atoms with Crippen LogP contribution in [-0.4, -0.2) is 26.5 Å². The molecule has 0 radical (unpaired) electrons. The van der Waals surface area contributed by atoms with E-state index in [9.17, 15) is 8.42 Å². The molecule has 1 atom stereocenters. The van der Waals surface area contributed by atoms with Crippen LogP contribution in [0.4, 0.5) is 0 Å². The van der Waals surface area contributed by atoms with Gasteiger partial charge in [-0.2, -0.15) is 13.1 Å². The molecule has 0 saturated carbocycles. The van der Waals surface area contributed by atoms with Gasteiger partial charge in [-0.1, -0.05) is 12.2 Å². The molecule has 72 valence electrons. The summed E-state index contributed by atoms with van der Waals surface area (Å²) in [5.74, 6) is 0. The lowest BCUT2D eigenvalue weighted by Crippen LogP contribution is -2.41. The van der Waals surface area contributed by atoms with Gasteiger partial charge < -0.3 is 5.73 Å². The number of nitrogens with two attached hydrogens (primary N) is 1. The molecule has 0 saturated heterocycles. The second-order valence-electron chi connectivity index (χ2n) is 2.40. The summed E-state index contributed by atoms with van der Waals surface area (Å²) in [4.78, 5) is 0.293. The van der Waals surface area contributed by atoms with E-state index >= 15 is 0 Å². The highest BCUT2D eigenvalue weighted by atomic mass is 32.2. The third kappa shape index (κ3) is 5.42. The van der Waals surface area contributed by atoms with Gasteiger partial charge >= 0.3 is 0 Å². The van der Waals surface area contributed by atoms with Crippen molar-refractivity contribution in [1.29, 1.82) is 0 Å². The Morgan fingerprint density at radius 2 is 2.17 bits per heavy atom. The Morgan fingerprint density at radius 1 is 1.67 bits per heavy atom. The highest BCUT2D eigenvalue weighted by molar-refractivity contribution is 7.87. The summed E-state index contributed by atoms with van der Waals surface area (Å²) in [6.45, 7) is 1.69. The van der Waals surface area contributed by atoms with E-state index in [4.69, 9.17) is 5.73 Å². The highest BCUT2D eigenvalue weighted by Gasteiger charge is 2.11. The largest absolute Gasteiger partial charge is 0.393 e. The van der Waals surface area contributed by atoms with Crippen molar-refractivity contribution in [3.05, 3.63) is 0 Å². The third-order valence-electron chi connectivity index (χ3n) is 1.13. The summed E-state index contributed by atoms with van der Waals surface area (Å²) in [6, 6.07) is -0.278. The molecule has 0 aromatic carbocycles. The average molecular weight is 211 g/mol. The lowest BCUT2D eigenvalue weighted by molar-refractivity contribution is 0.557. The molecular formula is C5H13N3O2S2. The second kappa shape index (κ2) is 4.70. The molecule has 0 amide bonds. The molecule has 0 aliphatic heterocycles. The molecule has 0 aromatic heterocycles. The average Bonchev–Trinajstić information content (AvgIpc) is 1.84. The number of rotatable bonds is 5. The zero-order chi connectivity index (χ0) is 9.78. The Morgan fingerprint density at radius 3 is 2.50 bits per heavy atom. The normalized spacial score (nSPS) is 14.2. The van der Waals surface area contributed by atoms with Crippen molar-refractivity contribution in [3.63, 3.8) is 0 Å². The van der Waals surface area contributed by atoms with E-state index < -0.39 is 10.2 Å². The third-order valence-corrected chi connectivity index (χ3v) is 2.55. The molecule has 0 rings (SSSR count). The van der Waals surface area contributed by atoms with Gasteiger partial charge in [0.1, 0.15) is 0 Å². The van der Waals surface area contributed by atoms with Crippen LogP contribution < -0.4 is 15.2 Å². The highest BCUT2D eigenvalue weighted by Crippen LogP contribution is 1.92. The monoisotopic (exact) mass is 211 g/mol. The molecule has 0 aliphatic carbocycles. The van der Waals surface area contributed by atoms with Crippen molar-refractivity contribution in [2.75, 3.05) is 7.05 Å². The van der Waals surface area contributed by atoms with Crippen LogP contribution in [0.15, 0.2) is 0 Å². The first kappa shape index (κ1) is 11.8. The van der Waals surface area contributed by atoms with Gasteiger partial charge in [-0.25, -0.2) is 4.72 Å². The molecule has 0 spiro atoms. The van der Waals surface area contributed by atoms with Crippen molar-refractivity contribution in [2.24, 2.45) is 5.73 Å². The van der Waals surface area contributed by atoms with Gasteiger partial charge in [-0.3, -0.25) is 0 Å². The fraction of sp³-hybridized carbons (Fsp3) is 0.800. The van der Waals surface area contributed by atoms with E-state index in [0.717, 1.165) is 0 Å². The van der Waals surface area contributed by atoms with E-state index in [1.54, 1.807) is 6.92 Å². The maximum Gasteiger partial charge on any atom is 0.276 e. The topological polar surface area (TPSA) is 84.2 Å². The summed E-state index contributed by atoms with van der Waals surface area (Å²) < 4.78 is 26.2. The van der Waals surface area contributed by atoms with Crippen LogP contribution in [0.25, 0.3) is 0 Å². The number of nitrogens with one attached hydrogen (secondary N) is 2. The van der Waals surface area contributed by atoms with Crippen molar-refractivity contribution in [3.8, 4) is 0 Å². The van der Waals surface area contributed by atoms with Gasteiger partial charge in [0, 0.05) is 19.5 Å². The summed E-state index contributed by atoms with van der Waals surface area (Å²) in [7, 11) is -2.05. The van der Waals surface area contributed by atoms with Gasteiger partial charge in [0.2, 0.25) is 0 Å². The Bertz CT molecular complexity index is 249. The van der Waals surface area contributed by atoms with Crippen LogP contribution in [0.1, 0.15) is 13.3 Å². The SMILES string of the molecule is CNS(=O)(=O)NC(C)CC(N)=S. The van der Waals surface area contributed by atoms with Gasteiger partial charge in [0.15, 0.2) is 0 Å². The smallest absolute Gasteiger partial charge is 0.276 e. The summed E-state index contributed by atoms with van der Waals surface area (Å²) >= 11 is 4.62. The summed E-state index contributed by atoms with van der Waals surface area (Å²) in [6.07, 6.45) is 0.357. The van der Waals surface area contributed by atoms with Crippen LogP contribution >= 0.6 is 12.2 Å². The van der Waals surface area contributed by atoms with Crippen molar-refractivity contribution < 1.29 is 8.42 Å². The minimum atomic E-state index is -3.38. The molecular weight excluding hydrogens is 198 g/mol. The van der Waals surface area contributed by atoms with E-state index in [1.165, 1.54) is 7.05 Å². The van der Waals surface area contributed by atoms with Gasteiger partial charge in [0.05, 0.1) is 4.99 Å². The van der Waals surface area contributed by atoms with Crippen LogP contribution in [0.5, 0.6) is 0 Å². The molecule has 0 heterocycles. The first-order chi connectivity index (χ1) is 5.37. The van der Waals surface area contributed by atoms with Crippen LogP contribution in [-0.2, 0) is 10.2 Å². The molecule has 0 aliphatic rings. The zero-order valence-electron chi connectivity index (χ0n) is 6.99. The molecule has 1 unspecified atom stereocenters. The van der Waals surface area contributed by atoms with Crippen molar-refractivity contribution in [2.45, 2.75) is 19.4 Å². The van der Waals surface area contributed by atoms with Crippen molar-refractivity contribution in [1.82, 2.24) is 9.44 Å². The number of hydrogen-bond donors (Lipinski definition) is 3. The van der Waals surface area contributed by atoms with E-state index in [0.29, 0.717) is 11.4 Å². The maximum atomic E-state index is 10.9. The Kier molecular flexibility index (Phi) is 4.61. The zero-order valence-corrected chi connectivity index (χ0v) is 8.63. The quantitative estimate of drug-likeness (QED) is 0.515. The fourth-order valence-electron chi connectivity index (χ4n) is 0.667. The fourth-order valence-corrected chi connectivity index (χ4v) is 1.65. The lowest BCUT2D eigenvalue weighted by atomic mass is 10.3. The Hall–Kier alpha value is -0.240. The molecule has 5 nitrogen and oxygen atoms in total. The molecule has 12 heavy (non-hydrogen) atoms. The first-order valence-corrected chi connectivity index (χ1v) is 5.25. The van der Waals surface area contributed by atoms with Crippen LogP contribution in [0.3, 0.4) is 0 Å². The van der Waals surface area contributed by atoms with Gasteiger partial charge in [-0.15, -0.1) is 0 Å². The minimum absolute atomic E-state index is 0.278. The van der Waals surface area contributed by atoms with Crippen LogP contribution in [0, 0.1) is 0 Å². The van der Waals surface area contributed by atoms with E-state index in [-0.39, 0.29) is 6.04 Å². The van der Waals surface area contributed by atoms with Crippen LogP contribution in [0.2, 0.25) is 0 Å². The maximum absolute atomic E-state index is 10.9. The molecule has 7 heteroatoms. The predicted molar refractivity (Wildman–Crippen MR) is 52.0 cm³/mol. The van der Waals surface area contributed by atoms with Gasteiger partial charge in [-0.05, 0) is 6.92 Å². The van der Waals surface area contributed by atoms with E-state index in [1.807, 2.05) is 0 Å². The minimum Gasteiger partial charge on any atom is -0.393 e. The Balaban J connectivity index is 4.01. The summed E-state index contributed by atoms with van der Waals surface area (Å²) in [5.41, 5.74) is 5.23. The number of thiocarbonyl (C=S) groups is 1. The van der Waals surface area contributed by atoms with Crippen molar-refractivity contribution >= 4 is 27.4 Å². The molecule has 0 aromatic rings. The molecule has 4 N–H and O–H groups in total. The lowest BCUT2D eigenvalue weighted by Gasteiger charge is -2.11. The Labute approximate surface area is 77.9 Å². The molecule has 0 fully saturated rings. The van der Waals surface area contributed by atoms with E-state index in [2.05, 4.69) is 21.7 Å². The molecule has 0 bridgehead atoms. The standard InChI is InChI=1S/C5H13N3O2S2/c1-4(3-5(6)11)8-12(9,10)7-2/h4,7-8H,3H2,1-2H3,(H2,6,11). The number of hydrogen-bond acceptors (Lipinski definition) is 3.